The number of nitrogens with one attached hydrogen (secondary N) is 1. The van der Waals surface area contributed by atoms with Gasteiger partial charge in [0, 0.05) is 36.2 Å². The van der Waals surface area contributed by atoms with Crippen LogP contribution in [0.5, 0.6) is 5.75 Å². The molecule has 176 valence electrons. The number of pyridine rings is 1. The van der Waals surface area contributed by atoms with E-state index in [0.29, 0.717) is 50.5 Å². The quantitative estimate of drug-likeness (QED) is 0.553. The van der Waals surface area contributed by atoms with Gasteiger partial charge in [0.05, 0.1) is 25.4 Å². The number of aliphatic hydroxyl groups is 1. The van der Waals surface area contributed by atoms with Gasteiger partial charge in [-0.2, -0.15) is 0 Å². The van der Waals surface area contributed by atoms with Crippen molar-refractivity contribution < 1.29 is 14.6 Å². The van der Waals surface area contributed by atoms with E-state index in [2.05, 4.69) is 25.4 Å². The van der Waals surface area contributed by atoms with Gasteiger partial charge >= 0.3 is 0 Å². The molecule has 2 aliphatic heterocycles. The molecule has 10 nitrogen and oxygen atoms in total. The fourth-order valence-electron chi connectivity index (χ4n) is 4.82. The molecule has 2 aromatic heterocycles. The van der Waals surface area contributed by atoms with Crippen LogP contribution < -0.4 is 10.3 Å². The molecule has 0 unspecified atom stereocenters. The van der Waals surface area contributed by atoms with E-state index in [4.69, 9.17) is 9.47 Å². The minimum atomic E-state index is -0.433. The largest absolute Gasteiger partial charge is 0.494 e. The van der Waals surface area contributed by atoms with Crippen LogP contribution in [0.15, 0.2) is 29.1 Å². The van der Waals surface area contributed by atoms with Gasteiger partial charge in [-0.15, -0.1) is 5.10 Å². The Hall–Kier alpha value is -2.82. The second-order valence-corrected chi connectivity index (χ2v) is 8.76. The third-order valence-corrected chi connectivity index (χ3v) is 6.52. The molecule has 3 aromatic rings. The van der Waals surface area contributed by atoms with E-state index in [1.54, 1.807) is 4.68 Å². The molecule has 0 radical (unpaired) electrons. The zero-order valence-electron chi connectivity index (χ0n) is 18.8. The molecule has 0 aliphatic carbocycles. The van der Waals surface area contributed by atoms with Gasteiger partial charge in [-0.05, 0) is 67.3 Å². The number of aromatic nitrogens is 5. The van der Waals surface area contributed by atoms with E-state index in [9.17, 15) is 9.90 Å². The van der Waals surface area contributed by atoms with Gasteiger partial charge in [-0.1, -0.05) is 0 Å². The average Bonchev–Trinajstić information content (AvgIpc) is 3.49. The Balaban J connectivity index is 1.58. The molecule has 2 saturated heterocycles. The molecule has 10 heteroatoms. The molecule has 2 aliphatic rings. The molecule has 0 saturated carbocycles. The predicted octanol–water partition coefficient (Wildman–Crippen LogP) is 1.64. The Morgan fingerprint density at radius 1 is 1.27 bits per heavy atom. The van der Waals surface area contributed by atoms with Gasteiger partial charge in [0.25, 0.3) is 5.56 Å². The number of aromatic amines is 1. The summed E-state index contributed by atoms with van der Waals surface area (Å²) >= 11 is 0. The first kappa shape index (κ1) is 22.0. The average molecular weight is 455 g/mol. The van der Waals surface area contributed by atoms with Crippen LogP contribution in [0.4, 0.5) is 0 Å². The highest BCUT2D eigenvalue weighted by molar-refractivity contribution is 5.80. The SMILES string of the molecule is CCOc1ccc2[nH]c(=O)c([C@@H](c3nnnn3C[C@@H]3CCCO3)N3CCC(O)CC3)cc2c1. The standard InChI is InChI=1S/C23H30N6O4/c1-2-32-17-5-6-20-15(12-17)13-19(23(31)24-20)21(28-9-7-16(30)8-10-28)22-25-26-27-29(22)14-18-4-3-11-33-18/h5-6,12-13,16,18,21,30H,2-4,7-11,14H2,1H3,(H,24,31)/t18-,21-/m0/s1. The van der Waals surface area contributed by atoms with Gasteiger partial charge in [-0.25, -0.2) is 4.68 Å². The lowest BCUT2D eigenvalue weighted by Gasteiger charge is -2.35. The monoisotopic (exact) mass is 454 g/mol. The Bertz CT molecular complexity index is 1150. The van der Waals surface area contributed by atoms with Crippen molar-refractivity contribution in [1.29, 1.82) is 0 Å². The number of nitrogens with zero attached hydrogens (tertiary/aromatic N) is 5. The maximum atomic E-state index is 13.3. The summed E-state index contributed by atoms with van der Waals surface area (Å²) in [5, 5.41) is 23.5. The molecule has 0 spiro atoms. The van der Waals surface area contributed by atoms with Crippen molar-refractivity contribution in [3.05, 3.63) is 46.0 Å². The number of hydrogen-bond acceptors (Lipinski definition) is 8. The maximum absolute atomic E-state index is 13.3. The summed E-state index contributed by atoms with van der Waals surface area (Å²) in [6, 6.07) is 7.13. The van der Waals surface area contributed by atoms with Gasteiger partial charge in [-0.3, -0.25) is 9.69 Å². The van der Waals surface area contributed by atoms with Crippen molar-refractivity contribution in [2.24, 2.45) is 0 Å². The third-order valence-electron chi connectivity index (χ3n) is 6.52. The molecule has 1 aromatic carbocycles. The number of hydrogen-bond donors (Lipinski definition) is 2. The zero-order chi connectivity index (χ0) is 22.8. The second kappa shape index (κ2) is 9.58. The highest BCUT2D eigenvalue weighted by Crippen LogP contribution is 2.30. The fraction of sp³-hybridized carbons (Fsp3) is 0.565. The smallest absolute Gasteiger partial charge is 0.253 e. The van der Waals surface area contributed by atoms with Crippen LogP contribution in [0.2, 0.25) is 0 Å². The topological polar surface area (TPSA) is 118 Å². The van der Waals surface area contributed by atoms with Crippen molar-refractivity contribution in [3.63, 3.8) is 0 Å². The first-order valence-corrected chi connectivity index (χ1v) is 11.7. The lowest BCUT2D eigenvalue weighted by Crippen LogP contribution is -2.42. The fourth-order valence-corrected chi connectivity index (χ4v) is 4.82. The number of piperidine rings is 1. The van der Waals surface area contributed by atoms with E-state index < -0.39 is 6.04 Å². The molecule has 2 fully saturated rings. The number of fused-ring (bicyclic) bond motifs is 1. The first-order chi connectivity index (χ1) is 16.1. The van der Waals surface area contributed by atoms with E-state index in [0.717, 1.165) is 36.1 Å². The van der Waals surface area contributed by atoms with Gasteiger partial charge in [0.2, 0.25) is 0 Å². The van der Waals surface area contributed by atoms with Crippen LogP contribution in [-0.2, 0) is 11.3 Å². The summed E-state index contributed by atoms with van der Waals surface area (Å²) in [5.41, 5.74) is 1.16. The summed E-state index contributed by atoms with van der Waals surface area (Å²) in [4.78, 5) is 18.5. The van der Waals surface area contributed by atoms with Gasteiger partial charge in [0.1, 0.15) is 11.8 Å². The maximum Gasteiger partial charge on any atom is 0.253 e. The molecule has 33 heavy (non-hydrogen) atoms. The second-order valence-electron chi connectivity index (χ2n) is 8.76. The Labute approximate surface area is 191 Å². The summed E-state index contributed by atoms with van der Waals surface area (Å²) < 4.78 is 13.2. The number of aliphatic hydroxyl groups excluding tert-OH is 1. The Morgan fingerprint density at radius 2 is 2.12 bits per heavy atom. The van der Waals surface area contributed by atoms with Crippen LogP contribution in [0, 0.1) is 0 Å². The normalized spacial score (nSPS) is 21.0. The zero-order valence-corrected chi connectivity index (χ0v) is 18.8. The molecule has 2 N–H and O–H groups in total. The van der Waals surface area contributed by atoms with Crippen LogP contribution in [0.25, 0.3) is 10.9 Å². The minimum Gasteiger partial charge on any atom is -0.494 e. The molecule has 2 atom stereocenters. The van der Waals surface area contributed by atoms with Gasteiger partial charge in [0.15, 0.2) is 5.82 Å². The number of ether oxygens (including phenoxy) is 2. The van der Waals surface area contributed by atoms with Crippen LogP contribution in [0.1, 0.15) is 50.0 Å². The molecule has 5 rings (SSSR count). The van der Waals surface area contributed by atoms with E-state index in [1.807, 2.05) is 31.2 Å². The predicted molar refractivity (Wildman–Crippen MR) is 121 cm³/mol. The van der Waals surface area contributed by atoms with E-state index >= 15 is 0 Å². The number of benzene rings is 1. The summed E-state index contributed by atoms with van der Waals surface area (Å²) in [7, 11) is 0. The lowest BCUT2D eigenvalue weighted by molar-refractivity contribution is 0.0632. The number of H-pyrrole nitrogens is 1. The molecule has 0 bridgehead atoms. The van der Waals surface area contributed by atoms with Crippen molar-refractivity contribution in [2.75, 3.05) is 26.3 Å². The summed E-state index contributed by atoms with van der Waals surface area (Å²) in [5.74, 6) is 1.37. The van der Waals surface area contributed by atoms with E-state index in [1.165, 1.54) is 0 Å². The molecule has 0 amide bonds. The number of tetrazole rings is 1. The highest BCUT2D eigenvalue weighted by atomic mass is 16.5. The summed E-state index contributed by atoms with van der Waals surface area (Å²) in [6.45, 7) is 5.11. The third kappa shape index (κ3) is 4.64. The Morgan fingerprint density at radius 3 is 2.88 bits per heavy atom. The van der Waals surface area contributed by atoms with Crippen molar-refractivity contribution >= 4 is 10.9 Å². The van der Waals surface area contributed by atoms with E-state index in [-0.39, 0.29) is 17.8 Å². The van der Waals surface area contributed by atoms with Crippen molar-refractivity contribution in [3.8, 4) is 5.75 Å². The Kier molecular flexibility index (Phi) is 6.39. The lowest BCUT2D eigenvalue weighted by atomic mass is 9.99. The van der Waals surface area contributed by atoms with Gasteiger partial charge < -0.3 is 19.6 Å². The highest BCUT2D eigenvalue weighted by Gasteiger charge is 2.33. The summed E-state index contributed by atoms with van der Waals surface area (Å²) in [6.07, 6.45) is 3.03. The number of likely N-dealkylation sites (tertiary alicyclic amines) is 1. The molecular formula is C23H30N6O4. The minimum absolute atomic E-state index is 0.0692. The van der Waals surface area contributed by atoms with Crippen molar-refractivity contribution in [2.45, 2.75) is 57.4 Å². The molecule has 4 heterocycles. The van der Waals surface area contributed by atoms with Crippen molar-refractivity contribution in [1.82, 2.24) is 30.1 Å². The van der Waals surface area contributed by atoms with Crippen LogP contribution in [0.3, 0.4) is 0 Å². The van der Waals surface area contributed by atoms with Crippen LogP contribution in [-0.4, -0.2) is 73.7 Å². The molecular weight excluding hydrogens is 424 g/mol. The van der Waals surface area contributed by atoms with Crippen LogP contribution >= 0.6 is 0 Å². The number of rotatable bonds is 7. The first-order valence-electron chi connectivity index (χ1n) is 11.7.